The fraction of sp³-hybridized carbons (Fsp3) is 0.250. The second-order valence-electron chi connectivity index (χ2n) is 7.59. The first kappa shape index (κ1) is 19.8. The molecule has 30 heavy (non-hydrogen) atoms. The summed E-state index contributed by atoms with van der Waals surface area (Å²) >= 11 is 0. The second-order valence-corrected chi connectivity index (χ2v) is 7.59. The molecule has 1 saturated carbocycles. The summed E-state index contributed by atoms with van der Waals surface area (Å²) in [5.74, 6) is -0.0978. The van der Waals surface area contributed by atoms with Gasteiger partial charge in [0.15, 0.2) is 5.78 Å². The van der Waals surface area contributed by atoms with E-state index < -0.39 is 0 Å². The molecule has 152 valence electrons. The number of aromatic nitrogens is 2. The zero-order valence-electron chi connectivity index (χ0n) is 16.8. The van der Waals surface area contributed by atoms with Crippen LogP contribution in [0.15, 0.2) is 65.5 Å². The Kier molecular flexibility index (Phi) is 5.57. The Labute approximate surface area is 174 Å². The number of nitrogens with one attached hydrogen (secondary N) is 1. The highest BCUT2D eigenvalue weighted by atomic mass is 16.2. The average Bonchev–Trinajstić information content (AvgIpc) is 3.60. The Morgan fingerprint density at radius 1 is 1.00 bits per heavy atom. The van der Waals surface area contributed by atoms with E-state index in [-0.39, 0.29) is 30.3 Å². The van der Waals surface area contributed by atoms with E-state index in [1.807, 2.05) is 19.1 Å². The minimum absolute atomic E-state index is 0.191. The molecule has 3 aromatic rings. The molecule has 1 heterocycles. The lowest BCUT2D eigenvalue weighted by Gasteiger charge is -2.11. The van der Waals surface area contributed by atoms with Crippen molar-refractivity contribution < 1.29 is 9.59 Å². The molecule has 1 aliphatic rings. The fourth-order valence-electron chi connectivity index (χ4n) is 3.33. The van der Waals surface area contributed by atoms with Crippen molar-refractivity contribution in [2.45, 2.75) is 32.2 Å². The van der Waals surface area contributed by atoms with Gasteiger partial charge in [-0.3, -0.25) is 14.4 Å². The van der Waals surface area contributed by atoms with Crippen molar-refractivity contribution in [1.29, 1.82) is 0 Å². The first-order chi connectivity index (χ1) is 14.5. The first-order valence-electron chi connectivity index (χ1n) is 10.1. The predicted octanol–water partition coefficient (Wildman–Crippen LogP) is 3.09. The van der Waals surface area contributed by atoms with E-state index in [4.69, 9.17) is 0 Å². The van der Waals surface area contributed by atoms with Crippen molar-refractivity contribution in [3.8, 4) is 0 Å². The number of carbonyl (C=O) groups is 2. The Bertz CT molecular complexity index is 1140. The van der Waals surface area contributed by atoms with Gasteiger partial charge >= 0.3 is 0 Å². The zero-order chi connectivity index (χ0) is 21.1. The van der Waals surface area contributed by atoms with Gasteiger partial charge in [0, 0.05) is 29.7 Å². The molecule has 6 heteroatoms. The minimum Gasteiger partial charge on any atom is -0.350 e. The molecule has 1 aliphatic carbocycles. The van der Waals surface area contributed by atoms with Crippen LogP contribution in [0.3, 0.4) is 0 Å². The monoisotopic (exact) mass is 401 g/mol. The molecule has 1 aromatic heterocycles. The highest BCUT2D eigenvalue weighted by molar-refractivity contribution is 6.15. The Morgan fingerprint density at radius 2 is 1.70 bits per heavy atom. The molecular formula is C24H23N3O3. The van der Waals surface area contributed by atoms with Crippen LogP contribution in [0.5, 0.6) is 0 Å². The number of rotatable bonds is 7. The summed E-state index contributed by atoms with van der Waals surface area (Å²) < 4.78 is 1.39. The van der Waals surface area contributed by atoms with Crippen LogP contribution in [0.1, 0.15) is 56.3 Å². The van der Waals surface area contributed by atoms with Crippen LogP contribution in [-0.2, 0) is 6.54 Å². The van der Waals surface area contributed by atoms with Gasteiger partial charge in [-0.1, -0.05) is 48.0 Å². The van der Waals surface area contributed by atoms with Gasteiger partial charge in [-0.25, -0.2) is 4.68 Å². The molecule has 1 N–H and O–H groups in total. The number of nitrogens with zero attached hydrogens (tertiary/aromatic N) is 2. The van der Waals surface area contributed by atoms with E-state index in [0.29, 0.717) is 22.6 Å². The van der Waals surface area contributed by atoms with E-state index in [0.717, 1.165) is 24.1 Å². The van der Waals surface area contributed by atoms with E-state index in [1.165, 1.54) is 10.7 Å². The largest absolute Gasteiger partial charge is 0.350 e. The van der Waals surface area contributed by atoms with E-state index in [2.05, 4.69) is 10.4 Å². The Hall–Kier alpha value is -3.54. The van der Waals surface area contributed by atoms with E-state index in [9.17, 15) is 14.4 Å². The van der Waals surface area contributed by atoms with Crippen molar-refractivity contribution >= 4 is 11.7 Å². The summed E-state index contributed by atoms with van der Waals surface area (Å²) in [6.45, 7) is 2.47. The Balaban J connectivity index is 1.45. The number of amides is 1. The maximum Gasteiger partial charge on any atom is 0.266 e. The van der Waals surface area contributed by atoms with Crippen LogP contribution in [0.25, 0.3) is 0 Å². The Morgan fingerprint density at radius 3 is 2.40 bits per heavy atom. The number of ketones is 1. The maximum atomic E-state index is 12.9. The molecule has 0 spiro atoms. The third-order valence-electron chi connectivity index (χ3n) is 5.22. The zero-order valence-corrected chi connectivity index (χ0v) is 16.8. The molecule has 4 rings (SSSR count). The fourth-order valence-corrected chi connectivity index (χ4v) is 3.33. The summed E-state index contributed by atoms with van der Waals surface area (Å²) in [5, 5.41) is 7.20. The molecule has 1 amide bonds. The minimum atomic E-state index is -0.350. The van der Waals surface area contributed by atoms with Crippen LogP contribution < -0.4 is 10.9 Å². The number of hydrogen-bond acceptors (Lipinski definition) is 4. The molecule has 0 radical (unpaired) electrons. The van der Waals surface area contributed by atoms with E-state index >= 15 is 0 Å². The van der Waals surface area contributed by atoms with Crippen LogP contribution in [0.4, 0.5) is 0 Å². The van der Waals surface area contributed by atoms with Crippen molar-refractivity contribution in [1.82, 2.24) is 15.1 Å². The van der Waals surface area contributed by atoms with Crippen LogP contribution in [-0.4, -0.2) is 28.0 Å². The quantitative estimate of drug-likeness (QED) is 0.617. The standard InChI is InChI=1S/C24H23N3O3/c1-16-6-8-18(9-7-16)23(29)19-4-2-3-5-20(19)24(30)25-14-15-27-22(28)13-12-21(26-27)17-10-11-17/h2-9,12-13,17H,10-11,14-15H2,1H3,(H,25,30). The molecule has 6 nitrogen and oxygen atoms in total. The normalized spacial score (nSPS) is 13.1. The van der Waals surface area contributed by atoms with Crippen LogP contribution >= 0.6 is 0 Å². The van der Waals surface area contributed by atoms with Crippen LogP contribution in [0.2, 0.25) is 0 Å². The molecule has 0 bridgehead atoms. The second kappa shape index (κ2) is 8.45. The third kappa shape index (κ3) is 4.38. The molecule has 2 aromatic carbocycles. The first-order valence-corrected chi connectivity index (χ1v) is 10.1. The summed E-state index contributed by atoms with van der Waals surface area (Å²) in [7, 11) is 0. The van der Waals surface area contributed by atoms with Crippen LogP contribution in [0, 0.1) is 6.92 Å². The van der Waals surface area contributed by atoms with Crippen molar-refractivity contribution in [2.24, 2.45) is 0 Å². The smallest absolute Gasteiger partial charge is 0.266 e. The number of benzene rings is 2. The lowest BCUT2D eigenvalue weighted by Crippen LogP contribution is -2.32. The number of hydrogen-bond donors (Lipinski definition) is 1. The molecule has 0 atom stereocenters. The molecule has 0 unspecified atom stereocenters. The summed E-state index contributed by atoms with van der Waals surface area (Å²) in [5.41, 5.74) is 3.00. The van der Waals surface area contributed by atoms with Gasteiger partial charge in [-0.15, -0.1) is 0 Å². The molecular weight excluding hydrogens is 378 g/mol. The molecule has 1 fully saturated rings. The lowest BCUT2D eigenvalue weighted by atomic mass is 9.97. The third-order valence-corrected chi connectivity index (χ3v) is 5.22. The topological polar surface area (TPSA) is 81.1 Å². The van der Waals surface area contributed by atoms with Gasteiger partial charge in [-0.05, 0) is 31.9 Å². The maximum absolute atomic E-state index is 12.9. The van der Waals surface area contributed by atoms with Gasteiger partial charge in [0.2, 0.25) is 0 Å². The number of aryl methyl sites for hydroxylation is 1. The van der Waals surface area contributed by atoms with Crippen molar-refractivity contribution in [3.05, 3.63) is 99.0 Å². The summed E-state index contributed by atoms with van der Waals surface area (Å²) in [6, 6.07) is 17.3. The number of carbonyl (C=O) groups excluding carboxylic acids is 2. The van der Waals surface area contributed by atoms with Crippen molar-refractivity contribution in [3.63, 3.8) is 0 Å². The van der Waals surface area contributed by atoms with Gasteiger partial charge in [0.1, 0.15) is 0 Å². The predicted molar refractivity (Wildman–Crippen MR) is 114 cm³/mol. The van der Waals surface area contributed by atoms with Gasteiger partial charge in [-0.2, -0.15) is 5.10 Å². The highest BCUT2D eigenvalue weighted by Crippen LogP contribution is 2.38. The summed E-state index contributed by atoms with van der Waals surface area (Å²) in [4.78, 5) is 37.7. The van der Waals surface area contributed by atoms with E-state index in [1.54, 1.807) is 42.5 Å². The highest BCUT2D eigenvalue weighted by Gasteiger charge is 2.25. The molecule has 0 aliphatic heterocycles. The van der Waals surface area contributed by atoms with Gasteiger partial charge < -0.3 is 5.32 Å². The van der Waals surface area contributed by atoms with Crippen molar-refractivity contribution in [2.75, 3.05) is 6.54 Å². The lowest BCUT2D eigenvalue weighted by molar-refractivity contribution is 0.0940. The summed E-state index contributed by atoms with van der Waals surface area (Å²) in [6.07, 6.45) is 2.21. The van der Waals surface area contributed by atoms with Gasteiger partial charge in [0.25, 0.3) is 11.5 Å². The average molecular weight is 401 g/mol. The molecule has 0 saturated heterocycles. The SMILES string of the molecule is Cc1ccc(C(=O)c2ccccc2C(=O)NCCn2nc(C3CC3)ccc2=O)cc1. The van der Waals surface area contributed by atoms with Gasteiger partial charge in [0.05, 0.1) is 17.8 Å².